The van der Waals surface area contributed by atoms with Gasteiger partial charge in [0.05, 0.1) is 16.4 Å². The third kappa shape index (κ3) is 4.13. The molecule has 1 unspecified atom stereocenters. The summed E-state index contributed by atoms with van der Waals surface area (Å²) >= 11 is 8.92. The minimum atomic E-state index is -0.389. The van der Waals surface area contributed by atoms with Crippen LogP contribution in [-0.4, -0.2) is 17.8 Å². The van der Waals surface area contributed by atoms with Crippen molar-refractivity contribution < 1.29 is 9.53 Å². The lowest BCUT2D eigenvalue weighted by Crippen LogP contribution is -2.04. The maximum absolute atomic E-state index is 12.4. The second-order valence-electron chi connectivity index (χ2n) is 5.14. The van der Waals surface area contributed by atoms with E-state index in [9.17, 15) is 10.1 Å². The Morgan fingerprint density at radius 2 is 2.04 bits per heavy atom. The van der Waals surface area contributed by atoms with Crippen LogP contribution in [0.4, 0.5) is 0 Å². The van der Waals surface area contributed by atoms with Gasteiger partial charge in [0.1, 0.15) is 10.9 Å². The van der Waals surface area contributed by atoms with Crippen LogP contribution in [0.25, 0.3) is 11.1 Å². The molecule has 0 N–H and O–H groups in total. The predicted molar refractivity (Wildman–Crippen MR) is 101 cm³/mol. The van der Waals surface area contributed by atoms with Gasteiger partial charge in [0.15, 0.2) is 0 Å². The zero-order chi connectivity index (χ0) is 17.7. The number of carbonyl (C=O) groups is 1. The first-order valence-corrected chi connectivity index (χ1v) is 9.75. The number of esters is 1. The zero-order valence-corrected chi connectivity index (χ0v) is 16.1. The average Bonchev–Trinajstić information content (AvgIpc) is 2.94. The number of carbonyl (C=O) groups excluding carboxylic acids is 1. The first-order valence-electron chi connectivity index (χ1n) is 7.68. The second-order valence-corrected chi connectivity index (χ2v) is 8.31. The van der Waals surface area contributed by atoms with Crippen molar-refractivity contribution in [1.82, 2.24) is 0 Å². The van der Waals surface area contributed by atoms with Crippen LogP contribution in [-0.2, 0) is 4.74 Å². The van der Waals surface area contributed by atoms with E-state index in [1.807, 2.05) is 12.1 Å². The monoisotopic (exact) mass is 379 g/mol. The van der Waals surface area contributed by atoms with E-state index in [0.717, 1.165) is 16.2 Å². The van der Waals surface area contributed by atoms with Gasteiger partial charge >= 0.3 is 5.97 Å². The van der Waals surface area contributed by atoms with Crippen LogP contribution in [0.1, 0.15) is 42.4 Å². The molecule has 0 saturated heterocycles. The molecule has 0 aliphatic heterocycles. The summed E-state index contributed by atoms with van der Waals surface area (Å²) in [4.78, 5) is 12.9. The molecule has 0 bridgehead atoms. The number of thioether (sulfide) groups is 1. The van der Waals surface area contributed by atoms with Crippen LogP contribution in [0.3, 0.4) is 0 Å². The molecule has 0 aliphatic rings. The molecule has 126 valence electrons. The summed E-state index contributed by atoms with van der Waals surface area (Å²) in [5.41, 5.74) is 1.98. The molecule has 2 aromatic rings. The Bertz CT molecular complexity index is 763. The molecular formula is C18H18ClNO2S2. The summed E-state index contributed by atoms with van der Waals surface area (Å²) in [7, 11) is 0. The highest BCUT2D eigenvalue weighted by molar-refractivity contribution is 8.01. The third-order valence-electron chi connectivity index (χ3n) is 3.46. The highest BCUT2D eigenvalue weighted by Crippen LogP contribution is 2.43. The van der Waals surface area contributed by atoms with E-state index >= 15 is 0 Å². The van der Waals surface area contributed by atoms with Gasteiger partial charge in [-0.25, -0.2) is 4.79 Å². The van der Waals surface area contributed by atoms with Crippen molar-refractivity contribution in [2.45, 2.75) is 36.7 Å². The quantitative estimate of drug-likeness (QED) is 0.455. The third-order valence-corrected chi connectivity index (χ3v) is 6.37. The van der Waals surface area contributed by atoms with Crippen molar-refractivity contribution >= 4 is 40.7 Å². The summed E-state index contributed by atoms with van der Waals surface area (Å²) in [5.74, 6) is -0.389. The van der Waals surface area contributed by atoms with E-state index < -0.39 is 0 Å². The number of hydrogen-bond donors (Lipinski definition) is 0. The molecule has 1 atom stereocenters. The molecule has 0 radical (unpaired) electrons. The van der Waals surface area contributed by atoms with Gasteiger partial charge in [-0.15, -0.1) is 23.1 Å². The van der Waals surface area contributed by atoms with Crippen molar-refractivity contribution in [3.05, 3.63) is 39.7 Å². The smallest absolute Gasteiger partial charge is 0.349 e. The number of rotatable bonds is 6. The fraction of sp³-hybridized carbons (Fsp3) is 0.333. The molecule has 0 aliphatic carbocycles. The zero-order valence-electron chi connectivity index (χ0n) is 13.8. The Labute approximate surface area is 155 Å². The predicted octanol–water partition coefficient (Wildman–Crippen LogP) is 6.01. The number of nitrogens with zero attached hydrogens (tertiary/aromatic N) is 1. The Balaban J connectivity index is 2.62. The normalized spacial score (nSPS) is 11.8. The van der Waals surface area contributed by atoms with E-state index in [1.165, 1.54) is 11.3 Å². The van der Waals surface area contributed by atoms with Crippen molar-refractivity contribution in [2.75, 3.05) is 6.61 Å². The van der Waals surface area contributed by atoms with Gasteiger partial charge in [-0.3, -0.25) is 0 Å². The van der Waals surface area contributed by atoms with Gasteiger partial charge in [0, 0.05) is 15.8 Å². The van der Waals surface area contributed by atoms with E-state index in [0.29, 0.717) is 32.9 Å². The lowest BCUT2D eigenvalue weighted by molar-refractivity contribution is 0.0533. The fourth-order valence-electron chi connectivity index (χ4n) is 2.09. The molecule has 2 rings (SSSR count). The lowest BCUT2D eigenvalue weighted by Gasteiger charge is -2.06. The second kappa shape index (κ2) is 8.57. The summed E-state index contributed by atoms with van der Waals surface area (Å²) in [6.45, 7) is 6.28. The number of thiophene rings is 1. The van der Waals surface area contributed by atoms with Gasteiger partial charge in [0.25, 0.3) is 0 Å². The van der Waals surface area contributed by atoms with E-state index in [2.05, 4.69) is 19.9 Å². The molecule has 0 fully saturated rings. The topological polar surface area (TPSA) is 50.1 Å². The molecule has 1 aromatic carbocycles. The molecule has 24 heavy (non-hydrogen) atoms. The minimum absolute atomic E-state index is 0.298. The summed E-state index contributed by atoms with van der Waals surface area (Å²) in [6.07, 6.45) is 0.985. The Kier molecular flexibility index (Phi) is 6.73. The Morgan fingerprint density at radius 1 is 1.38 bits per heavy atom. The van der Waals surface area contributed by atoms with E-state index in [1.54, 1.807) is 30.8 Å². The molecular weight excluding hydrogens is 362 g/mol. The van der Waals surface area contributed by atoms with E-state index in [4.69, 9.17) is 16.3 Å². The number of hydrogen-bond acceptors (Lipinski definition) is 5. The molecule has 3 nitrogen and oxygen atoms in total. The fourth-order valence-corrected chi connectivity index (χ4v) is 4.85. The average molecular weight is 380 g/mol. The van der Waals surface area contributed by atoms with Crippen molar-refractivity contribution in [2.24, 2.45) is 0 Å². The standard InChI is InChI=1S/C18H18ClNO2S2/c1-4-11(3)23-18-14(10-20)15(12-6-8-13(19)9-7-12)16(24-18)17(21)22-5-2/h6-9,11H,4-5H2,1-3H3. The lowest BCUT2D eigenvalue weighted by atomic mass is 10.0. The molecule has 0 amide bonds. The first kappa shape index (κ1) is 18.9. The van der Waals surface area contributed by atoms with Crippen LogP contribution in [0.15, 0.2) is 28.5 Å². The van der Waals surface area contributed by atoms with Crippen LogP contribution in [0.5, 0.6) is 0 Å². The maximum Gasteiger partial charge on any atom is 0.349 e. The van der Waals surface area contributed by atoms with Crippen LogP contribution >= 0.6 is 34.7 Å². The minimum Gasteiger partial charge on any atom is -0.462 e. The van der Waals surface area contributed by atoms with Gasteiger partial charge in [0.2, 0.25) is 0 Å². The Hall–Kier alpha value is -1.48. The largest absolute Gasteiger partial charge is 0.462 e. The van der Waals surface area contributed by atoms with Crippen LogP contribution in [0.2, 0.25) is 5.02 Å². The highest BCUT2D eigenvalue weighted by Gasteiger charge is 2.26. The molecule has 6 heteroatoms. The number of benzene rings is 1. The summed E-state index contributed by atoms with van der Waals surface area (Å²) in [5, 5.41) is 10.7. The maximum atomic E-state index is 12.4. The molecule has 1 aromatic heterocycles. The van der Waals surface area contributed by atoms with E-state index in [-0.39, 0.29) is 5.97 Å². The summed E-state index contributed by atoms with van der Waals surface area (Å²) < 4.78 is 6.05. The van der Waals surface area contributed by atoms with Gasteiger partial charge in [-0.2, -0.15) is 5.26 Å². The molecule has 1 heterocycles. The van der Waals surface area contributed by atoms with Crippen molar-refractivity contribution in [1.29, 1.82) is 5.26 Å². The summed E-state index contributed by atoms with van der Waals surface area (Å²) in [6, 6.07) is 9.44. The van der Waals surface area contributed by atoms with Gasteiger partial charge in [-0.05, 0) is 31.0 Å². The SMILES string of the molecule is CCOC(=O)c1sc(SC(C)CC)c(C#N)c1-c1ccc(Cl)cc1. The Morgan fingerprint density at radius 3 is 2.58 bits per heavy atom. The number of ether oxygens (including phenoxy) is 1. The van der Waals surface area contributed by atoms with Crippen molar-refractivity contribution in [3.8, 4) is 17.2 Å². The van der Waals surface area contributed by atoms with Crippen LogP contribution < -0.4 is 0 Å². The van der Waals surface area contributed by atoms with Gasteiger partial charge < -0.3 is 4.74 Å². The first-order chi connectivity index (χ1) is 11.5. The highest BCUT2D eigenvalue weighted by atomic mass is 35.5. The number of halogens is 1. The molecule has 0 saturated carbocycles. The van der Waals surface area contributed by atoms with Crippen LogP contribution in [0, 0.1) is 11.3 Å². The van der Waals surface area contributed by atoms with Gasteiger partial charge in [-0.1, -0.05) is 37.6 Å². The number of nitriles is 1. The molecule has 0 spiro atoms. The van der Waals surface area contributed by atoms with Crippen molar-refractivity contribution in [3.63, 3.8) is 0 Å².